The minimum Gasteiger partial charge on any atom is -0.339 e. The van der Waals surface area contributed by atoms with Crippen LogP contribution in [0.5, 0.6) is 0 Å². The van der Waals surface area contributed by atoms with E-state index in [1.54, 1.807) is 9.80 Å². The van der Waals surface area contributed by atoms with Crippen LogP contribution >= 0.6 is 0 Å². The Morgan fingerprint density at radius 1 is 1.03 bits per heavy atom. The van der Waals surface area contributed by atoms with Crippen molar-refractivity contribution in [2.75, 3.05) is 24.5 Å². The normalized spacial score (nSPS) is 15.1. The Morgan fingerprint density at radius 3 is 2.19 bits per heavy atom. The van der Waals surface area contributed by atoms with Gasteiger partial charge >= 0.3 is 6.18 Å². The quantitative estimate of drug-likeness (QED) is 0.664. The highest BCUT2D eigenvalue weighted by atomic mass is 19.4. The first-order chi connectivity index (χ1) is 14.6. The number of hydrogen-bond donors (Lipinski definition) is 0. The van der Waals surface area contributed by atoms with Crippen molar-refractivity contribution in [3.63, 3.8) is 0 Å². The molecule has 0 aromatic heterocycles. The Balaban J connectivity index is 1.65. The Morgan fingerprint density at radius 2 is 1.65 bits per heavy atom. The highest BCUT2D eigenvalue weighted by molar-refractivity contribution is 5.97. The summed E-state index contributed by atoms with van der Waals surface area (Å²) in [6, 6.07) is 10.3. The molecule has 2 amide bonds. The molecule has 0 bridgehead atoms. The van der Waals surface area contributed by atoms with Crippen molar-refractivity contribution in [1.82, 2.24) is 4.90 Å². The summed E-state index contributed by atoms with van der Waals surface area (Å²) in [5.74, 6) is -0.434. The fourth-order valence-corrected chi connectivity index (χ4v) is 3.99. The number of amides is 2. The molecule has 0 radical (unpaired) electrons. The van der Waals surface area contributed by atoms with Crippen LogP contribution in [0.15, 0.2) is 42.5 Å². The first-order valence-corrected chi connectivity index (χ1v) is 10.5. The maximum absolute atomic E-state index is 13.2. The van der Waals surface area contributed by atoms with E-state index in [4.69, 9.17) is 0 Å². The highest BCUT2D eigenvalue weighted by Crippen LogP contribution is 2.30. The molecule has 166 valence electrons. The zero-order chi connectivity index (χ0) is 22.8. The van der Waals surface area contributed by atoms with Crippen LogP contribution in [0.2, 0.25) is 0 Å². The number of carbonyl (C=O) groups excluding carboxylic acids is 2. The average Bonchev–Trinajstić information content (AvgIpc) is 2.75. The van der Waals surface area contributed by atoms with Crippen LogP contribution in [0.3, 0.4) is 0 Å². The number of nitrogens with zero attached hydrogens (tertiary/aromatic N) is 2. The third-order valence-corrected chi connectivity index (χ3v) is 5.83. The highest BCUT2D eigenvalue weighted by Gasteiger charge is 2.32. The number of likely N-dealkylation sites (tertiary alicyclic amines) is 1. The molecular formula is C24H27F3N2O2. The molecule has 0 unspecified atom stereocenters. The van der Waals surface area contributed by atoms with Gasteiger partial charge in [-0.25, -0.2) is 0 Å². The van der Waals surface area contributed by atoms with E-state index in [0.29, 0.717) is 32.5 Å². The minimum absolute atomic E-state index is 0.0535. The molecule has 3 rings (SSSR count). The van der Waals surface area contributed by atoms with E-state index in [0.717, 1.165) is 28.9 Å². The van der Waals surface area contributed by atoms with Gasteiger partial charge < -0.3 is 9.80 Å². The number of rotatable bonds is 4. The number of anilines is 1. The summed E-state index contributed by atoms with van der Waals surface area (Å²) < 4.78 is 38.2. The Bertz CT molecular complexity index is 946. The second-order valence-electron chi connectivity index (χ2n) is 8.01. The number of hydrogen-bond acceptors (Lipinski definition) is 2. The molecular weight excluding hydrogens is 405 g/mol. The molecule has 0 saturated carbocycles. The second kappa shape index (κ2) is 9.12. The molecule has 1 aliphatic heterocycles. The standard InChI is InChI=1S/C24H27F3N2O2/c1-4-29(21-15-16(2)5-6-17(21)3)23(31)19-11-13-28(14-12-19)22(30)18-7-9-20(10-8-18)24(25,26)27/h5-10,15,19H,4,11-14H2,1-3H3. The fraction of sp³-hybridized carbons (Fsp3) is 0.417. The number of alkyl halides is 3. The summed E-state index contributed by atoms with van der Waals surface area (Å²) in [6.07, 6.45) is -3.36. The molecule has 1 saturated heterocycles. The van der Waals surface area contributed by atoms with Crippen LogP contribution in [0.1, 0.15) is 46.8 Å². The molecule has 0 aliphatic carbocycles. The van der Waals surface area contributed by atoms with Gasteiger partial charge in [0, 0.05) is 36.8 Å². The topological polar surface area (TPSA) is 40.6 Å². The third kappa shape index (κ3) is 5.09. The molecule has 1 aliphatic rings. The first-order valence-electron chi connectivity index (χ1n) is 10.5. The maximum Gasteiger partial charge on any atom is 0.416 e. The minimum atomic E-state index is -4.43. The van der Waals surface area contributed by atoms with Gasteiger partial charge in [-0.3, -0.25) is 9.59 Å². The summed E-state index contributed by atoms with van der Waals surface area (Å²) >= 11 is 0. The predicted octanol–water partition coefficient (Wildman–Crippen LogP) is 5.23. The zero-order valence-electron chi connectivity index (χ0n) is 18.0. The van der Waals surface area contributed by atoms with E-state index < -0.39 is 11.7 Å². The predicted molar refractivity (Wildman–Crippen MR) is 114 cm³/mol. The smallest absolute Gasteiger partial charge is 0.339 e. The lowest BCUT2D eigenvalue weighted by Crippen LogP contribution is -2.44. The van der Waals surface area contributed by atoms with Gasteiger partial charge in [0.05, 0.1) is 5.56 Å². The lowest BCUT2D eigenvalue weighted by molar-refractivity contribution is -0.137. The third-order valence-electron chi connectivity index (χ3n) is 5.83. The fourth-order valence-electron chi connectivity index (χ4n) is 3.99. The molecule has 1 fully saturated rings. The van der Waals surface area contributed by atoms with Gasteiger partial charge in [0.15, 0.2) is 0 Å². The largest absolute Gasteiger partial charge is 0.416 e. The number of aryl methyl sites for hydroxylation is 2. The molecule has 7 heteroatoms. The summed E-state index contributed by atoms with van der Waals surface area (Å²) in [7, 11) is 0. The lowest BCUT2D eigenvalue weighted by atomic mass is 9.94. The van der Waals surface area contributed by atoms with Crippen molar-refractivity contribution < 1.29 is 22.8 Å². The van der Waals surface area contributed by atoms with Gasteiger partial charge in [-0.2, -0.15) is 13.2 Å². The summed E-state index contributed by atoms with van der Waals surface area (Å²) in [6.45, 7) is 7.29. The van der Waals surface area contributed by atoms with Gasteiger partial charge in [0.2, 0.25) is 5.91 Å². The van der Waals surface area contributed by atoms with E-state index in [1.807, 2.05) is 39.0 Å². The van der Waals surface area contributed by atoms with Gasteiger partial charge in [-0.1, -0.05) is 12.1 Å². The molecule has 1 heterocycles. The van der Waals surface area contributed by atoms with Crippen LogP contribution in [0.25, 0.3) is 0 Å². The Labute approximate surface area is 180 Å². The van der Waals surface area contributed by atoms with Crippen molar-refractivity contribution in [3.8, 4) is 0 Å². The Hall–Kier alpha value is -2.83. The van der Waals surface area contributed by atoms with Gasteiger partial charge in [-0.15, -0.1) is 0 Å². The summed E-state index contributed by atoms with van der Waals surface area (Å²) in [4.78, 5) is 29.3. The zero-order valence-corrected chi connectivity index (χ0v) is 18.0. The van der Waals surface area contributed by atoms with Crippen LogP contribution in [-0.2, 0) is 11.0 Å². The first kappa shape index (κ1) is 22.8. The van der Waals surface area contributed by atoms with Crippen LogP contribution < -0.4 is 4.90 Å². The Kier molecular flexibility index (Phi) is 6.72. The number of piperidine rings is 1. The van der Waals surface area contributed by atoms with Crippen molar-refractivity contribution in [2.45, 2.75) is 39.8 Å². The maximum atomic E-state index is 13.2. The van der Waals surface area contributed by atoms with E-state index in [1.165, 1.54) is 12.1 Å². The second-order valence-corrected chi connectivity index (χ2v) is 8.01. The van der Waals surface area contributed by atoms with E-state index in [2.05, 4.69) is 0 Å². The van der Waals surface area contributed by atoms with Crippen LogP contribution in [0, 0.1) is 19.8 Å². The average molecular weight is 432 g/mol. The van der Waals surface area contributed by atoms with Crippen molar-refractivity contribution in [3.05, 3.63) is 64.7 Å². The summed E-state index contributed by atoms with van der Waals surface area (Å²) in [5, 5.41) is 0. The van der Waals surface area contributed by atoms with Gasteiger partial charge in [0.1, 0.15) is 0 Å². The monoisotopic (exact) mass is 432 g/mol. The SMILES string of the molecule is CCN(C(=O)C1CCN(C(=O)c2ccc(C(F)(F)F)cc2)CC1)c1cc(C)ccc1C. The molecule has 2 aromatic rings. The van der Waals surface area contributed by atoms with Crippen molar-refractivity contribution >= 4 is 17.5 Å². The molecule has 31 heavy (non-hydrogen) atoms. The van der Waals surface area contributed by atoms with E-state index in [9.17, 15) is 22.8 Å². The molecule has 0 N–H and O–H groups in total. The molecule has 4 nitrogen and oxygen atoms in total. The molecule has 0 atom stereocenters. The van der Waals surface area contributed by atoms with Crippen molar-refractivity contribution in [1.29, 1.82) is 0 Å². The van der Waals surface area contributed by atoms with E-state index >= 15 is 0 Å². The lowest BCUT2D eigenvalue weighted by Gasteiger charge is -2.34. The van der Waals surface area contributed by atoms with Crippen LogP contribution in [0.4, 0.5) is 18.9 Å². The van der Waals surface area contributed by atoms with Crippen LogP contribution in [-0.4, -0.2) is 36.3 Å². The van der Waals surface area contributed by atoms with E-state index in [-0.39, 0.29) is 23.3 Å². The number of carbonyl (C=O) groups is 2. The number of halogens is 3. The van der Waals surface area contributed by atoms with Gasteiger partial charge in [0.25, 0.3) is 5.91 Å². The molecule has 0 spiro atoms. The van der Waals surface area contributed by atoms with Gasteiger partial charge in [-0.05, 0) is 75.1 Å². The number of benzene rings is 2. The summed E-state index contributed by atoms with van der Waals surface area (Å²) in [5.41, 5.74) is 2.48. The molecule has 2 aromatic carbocycles. The van der Waals surface area contributed by atoms with Crippen molar-refractivity contribution in [2.24, 2.45) is 5.92 Å².